The third kappa shape index (κ3) is 13.3. The van der Waals surface area contributed by atoms with Crippen LogP contribution in [-0.2, 0) is 37.8 Å². The van der Waals surface area contributed by atoms with E-state index in [1.807, 2.05) is 55.5 Å². The molecule has 20 nitrogen and oxygen atoms in total. The quantitative estimate of drug-likeness (QED) is 0.0503. The van der Waals surface area contributed by atoms with Gasteiger partial charge in [-0.3, -0.25) is 9.69 Å². The lowest BCUT2D eigenvalue weighted by atomic mass is 9.87. The molecule has 0 saturated carbocycles. The number of aliphatic hydroxyl groups excluding tert-OH is 1. The van der Waals surface area contributed by atoms with Gasteiger partial charge < -0.3 is 57.7 Å². The maximum Gasteiger partial charge on any atom is 0.418 e. The first kappa shape index (κ1) is 56.7. The van der Waals surface area contributed by atoms with Gasteiger partial charge in [0, 0.05) is 85.9 Å². The Morgan fingerprint density at radius 2 is 1.66 bits per heavy atom. The Morgan fingerprint density at radius 1 is 0.974 bits per heavy atom. The van der Waals surface area contributed by atoms with Crippen LogP contribution < -0.4 is 53.6 Å². The number of benzene rings is 3. The number of unbranched alkanes of at least 4 members (excludes halogenated alkanes) is 1. The van der Waals surface area contributed by atoms with Crippen molar-refractivity contribution in [2.45, 2.75) is 96.0 Å². The van der Waals surface area contributed by atoms with E-state index in [-0.39, 0.29) is 61.8 Å². The van der Waals surface area contributed by atoms with Gasteiger partial charge in [0.15, 0.2) is 0 Å². The molecule has 8 rings (SSSR count). The average molecular weight is 1070 g/mol. The van der Waals surface area contributed by atoms with Gasteiger partial charge in [-0.25, -0.2) is 32.6 Å². The Morgan fingerprint density at radius 3 is 2.32 bits per heavy atom. The highest BCUT2D eigenvalue weighted by atomic mass is 35.5. The predicted octanol–water partition coefficient (Wildman–Crippen LogP) is 2.16. The normalized spacial score (nSPS) is 18.1. The molecule has 0 aliphatic carbocycles. The van der Waals surface area contributed by atoms with E-state index in [2.05, 4.69) is 25.0 Å². The molecule has 1 amide bonds. The van der Waals surface area contributed by atoms with Crippen molar-refractivity contribution in [3.63, 3.8) is 0 Å². The molecule has 5 heterocycles. The molecule has 5 N–H and O–H groups in total. The first-order valence-corrected chi connectivity index (χ1v) is 25.4. The molecule has 2 aliphatic rings. The molecular formula is C53H67ClF2N12O8. The molecule has 23 heteroatoms. The van der Waals surface area contributed by atoms with Gasteiger partial charge in [-0.2, -0.15) is 9.67 Å². The Balaban J connectivity index is 0.00000840. The number of rotatable bonds is 22. The number of ether oxygens (including phenoxy) is 4. The van der Waals surface area contributed by atoms with Crippen molar-refractivity contribution >= 4 is 29.3 Å². The number of halogens is 3. The minimum atomic E-state index is -1.24. The van der Waals surface area contributed by atoms with Gasteiger partial charge in [0.2, 0.25) is 12.6 Å². The zero-order valence-electron chi connectivity index (χ0n) is 43.2. The van der Waals surface area contributed by atoms with Crippen LogP contribution in [0.2, 0.25) is 0 Å². The molecule has 0 bridgehead atoms. The van der Waals surface area contributed by atoms with Crippen LogP contribution in [-0.4, -0.2) is 111 Å². The highest BCUT2D eigenvalue weighted by molar-refractivity contribution is 5.86. The topological polar surface area (TPSA) is 227 Å². The van der Waals surface area contributed by atoms with E-state index in [4.69, 9.17) is 30.4 Å². The Hall–Kier alpha value is -6.98. The summed E-state index contributed by atoms with van der Waals surface area (Å²) in [6.45, 7) is 9.34. The number of anilines is 3. The molecular weight excluding hydrogens is 1010 g/mol. The van der Waals surface area contributed by atoms with Crippen LogP contribution in [0.25, 0.3) is 5.69 Å². The number of amides is 1. The van der Waals surface area contributed by atoms with E-state index in [1.54, 1.807) is 41.6 Å². The van der Waals surface area contributed by atoms with Gasteiger partial charge in [0.1, 0.15) is 54.3 Å². The Bertz CT molecular complexity index is 2920. The number of hydrogen-bond acceptors (Lipinski definition) is 15. The maximum atomic E-state index is 15.7. The van der Waals surface area contributed by atoms with Crippen LogP contribution in [0.4, 0.5) is 30.8 Å². The first-order valence-electron chi connectivity index (χ1n) is 25.4. The molecule has 0 radical (unpaired) electrons. The van der Waals surface area contributed by atoms with Gasteiger partial charge in [-0.15, -0.1) is 4.68 Å². The summed E-state index contributed by atoms with van der Waals surface area (Å²) >= 11 is 0. The third-order valence-electron chi connectivity index (χ3n) is 13.9. The number of carbonyl (C=O) groups excluding carboxylic acids is 2. The Labute approximate surface area is 446 Å². The van der Waals surface area contributed by atoms with E-state index < -0.39 is 53.7 Å². The zero-order valence-corrected chi connectivity index (χ0v) is 43.9. The van der Waals surface area contributed by atoms with Crippen molar-refractivity contribution in [2.24, 2.45) is 17.4 Å². The number of pyridine rings is 1. The van der Waals surface area contributed by atoms with Gasteiger partial charge >= 0.3 is 17.8 Å². The van der Waals surface area contributed by atoms with Crippen LogP contribution in [0, 0.1) is 17.6 Å². The van der Waals surface area contributed by atoms with E-state index >= 15 is 4.39 Å². The fourth-order valence-corrected chi connectivity index (χ4v) is 9.63. The molecule has 408 valence electrons. The lowest BCUT2D eigenvalue weighted by Crippen LogP contribution is -3.00. The third-order valence-corrected chi connectivity index (χ3v) is 13.9. The number of piperazine rings is 1. The standard InChI is InChI=1S/C53H67F2N12O8.ClH/c1-5-48(36(2)68)67-51(70)66(34-60-67)43-14-12-41(13-15-43)62-23-25-63(26-24-62)42-16-18-44(19-17-42)72-29-38-28-53(74-30-38,45-20-11-40(54)27-46(45)55)32-65-35-64(33-59-65)37(3)75-52(71)61(4)49-39(9-8-22-58-49)31-73-50(69)47(57)10-6-7-21-56;/h8-9,11-20,22,27,33-38,47-48,68H,5-7,10,21,23-26,28-32,56-57H2,1-4H3;1H/q+1;/p-1/t36-,37?,38+,47-,48-,53-;/m0./s1. The summed E-state index contributed by atoms with van der Waals surface area (Å²) in [6.07, 6.45) is 6.59. The summed E-state index contributed by atoms with van der Waals surface area (Å²) in [4.78, 5) is 49.3. The lowest BCUT2D eigenvalue weighted by molar-refractivity contribution is -0.753. The first-order chi connectivity index (χ1) is 36.2. The molecule has 76 heavy (non-hydrogen) atoms. The molecule has 3 aromatic heterocycles. The van der Waals surface area contributed by atoms with Gasteiger partial charge in [-0.05, 0) is 99.8 Å². The lowest BCUT2D eigenvalue weighted by Gasteiger charge is -2.37. The molecule has 2 saturated heterocycles. The van der Waals surface area contributed by atoms with E-state index in [0.717, 1.165) is 50.0 Å². The second-order valence-corrected chi connectivity index (χ2v) is 19.2. The fourth-order valence-electron chi connectivity index (χ4n) is 9.63. The van der Waals surface area contributed by atoms with Crippen LogP contribution in [0.15, 0.2) is 109 Å². The van der Waals surface area contributed by atoms with Gasteiger partial charge in [-0.1, -0.05) is 25.5 Å². The summed E-state index contributed by atoms with van der Waals surface area (Å²) in [5.41, 5.74) is 13.5. The number of aliphatic hydroxyl groups is 1. The number of hydrogen-bond donors (Lipinski definition) is 3. The van der Waals surface area contributed by atoms with Crippen molar-refractivity contribution in [1.82, 2.24) is 29.1 Å². The molecule has 1 unspecified atom stereocenters. The second kappa shape index (κ2) is 25.7. The van der Waals surface area contributed by atoms with Crippen LogP contribution in [0.1, 0.15) is 76.3 Å². The Kier molecular flexibility index (Phi) is 19.2. The zero-order chi connectivity index (χ0) is 53.2. The monoisotopic (exact) mass is 1070 g/mol. The molecule has 6 aromatic rings. The van der Waals surface area contributed by atoms with Crippen LogP contribution >= 0.6 is 0 Å². The largest absolute Gasteiger partial charge is 1.00 e. The number of carbonyl (C=O) groups is 2. The average Bonchev–Trinajstić information content (AvgIpc) is 4.16. The molecule has 6 atom stereocenters. The smallest absolute Gasteiger partial charge is 0.418 e. The minimum Gasteiger partial charge on any atom is -1.00 e. The minimum absolute atomic E-state index is 0. The van der Waals surface area contributed by atoms with Crippen molar-refractivity contribution in [3.8, 4) is 11.4 Å². The van der Waals surface area contributed by atoms with Crippen LogP contribution in [0.5, 0.6) is 5.75 Å². The SMILES string of the molecule is CC[C@@H]([C@H](C)O)n1ncn(-c2ccc(N3CCN(c4ccc(OC[C@@H]5CO[C@@](Cn6c[n+](C(C)OC(=O)N(C)c7ncccc7COC(=O)[C@@H](N)CCCCN)cn6)(c6ccc(F)cc6F)C5)cc4)CC3)cc2)c1=O.[Cl-]. The second-order valence-electron chi connectivity index (χ2n) is 19.2. The summed E-state index contributed by atoms with van der Waals surface area (Å²) in [7, 11) is 1.49. The van der Waals surface area contributed by atoms with Gasteiger partial charge in [0.25, 0.3) is 6.33 Å². The molecule has 0 spiro atoms. The van der Waals surface area contributed by atoms with Crippen molar-refractivity contribution in [3.05, 3.63) is 137 Å². The molecule has 3 aromatic carbocycles. The maximum absolute atomic E-state index is 15.7. The van der Waals surface area contributed by atoms with Crippen molar-refractivity contribution < 1.29 is 59.4 Å². The fraction of sp³-hybridized carbons (Fsp3) is 0.453. The number of nitrogens with zero attached hydrogens (tertiary/aromatic N) is 10. The van der Waals surface area contributed by atoms with E-state index in [9.17, 15) is 23.9 Å². The number of esters is 1. The highest BCUT2D eigenvalue weighted by Gasteiger charge is 2.46. The van der Waals surface area contributed by atoms with Crippen molar-refractivity contribution in [1.29, 1.82) is 0 Å². The highest BCUT2D eigenvalue weighted by Crippen LogP contribution is 2.42. The molecule has 2 aliphatic heterocycles. The van der Waals surface area contributed by atoms with Gasteiger partial charge in [0.05, 0.1) is 31.0 Å². The summed E-state index contributed by atoms with van der Waals surface area (Å²) < 4.78 is 59.8. The summed E-state index contributed by atoms with van der Waals surface area (Å²) in [5.74, 6) is -1.29. The van der Waals surface area contributed by atoms with Crippen molar-refractivity contribution in [2.75, 3.05) is 67.7 Å². The van der Waals surface area contributed by atoms with E-state index in [0.29, 0.717) is 49.2 Å². The molecule has 2 fully saturated rings. The summed E-state index contributed by atoms with van der Waals surface area (Å²) in [6, 6.07) is 21.4. The van der Waals surface area contributed by atoms with E-state index in [1.165, 1.54) is 52.2 Å². The number of nitrogens with two attached hydrogens (primary N) is 2. The summed E-state index contributed by atoms with van der Waals surface area (Å²) in [5, 5.41) is 18.9. The predicted molar refractivity (Wildman–Crippen MR) is 274 cm³/mol. The number of aromatic nitrogens is 7. The van der Waals surface area contributed by atoms with Crippen LogP contribution in [0.3, 0.4) is 0 Å².